The molecule has 1 aliphatic rings. The van der Waals surface area contributed by atoms with Crippen LogP contribution in [-0.2, 0) is 9.59 Å². The van der Waals surface area contributed by atoms with Crippen molar-refractivity contribution in [2.45, 2.75) is 20.3 Å². The van der Waals surface area contributed by atoms with Gasteiger partial charge in [-0.2, -0.15) is 0 Å². The molecule has 0 radical (unpaired) electrons. The van der Waals surface area contributed by atoms with Gasteiger partial charge in [0.05, 0.1) is 12.0 Å². The molecule has 1 aliphatic heterocycles. The van der Waals surface area contributed by atoms with Crippen LogP contribution in [0.4, 0.5) is 11.4 Å². The molecule has 1 heterocycles. The lowest BCUT2D eigenvalue weighted by Gasteiger charge is -2.20. The molecule has 0 saturated carbocycles. The number of likely N-dealkylation sites (tertiary alicyclic amines) is 1. The molecule has 2 rings (SSSR count). The van der Waals surface area contributed by atoms with Gasteiger partial charge < -0.3 is 16.8 Å². The summed E-state index contributed by atoms with van der Waals surface area (Å²) in [6.07, 6.45) is 0.687. The normalized spacial score (nSPS) is 22.2. The molecule has 1 aromatic rings. The summed E-state index contributed by atoms with van der Waals surface area (Å²) in [5, 5.41) is 2.86. The summed E-state index contributed by atoms with van der Waals surface area (Å²) in [4.78, 5) is 25.5. The third-order valence-electron chi connectivity index (χ3n) is 4.05. The molecule has 2 amide bonds. The molecule has 5 N–H and O–H groups in total. The number of nitrogens with one attached hydrogen (secondary N) is 1. The highest BCUT2D eigenvalue weighted by Crippen LogP contribution is 2.29. The topological polar surface area (TPSA) is 101 Å². The molecule has 0 spiro atoms. The fraction of sp³-hybridized carbons (Fsp3) is 0.467. The van der Waals surface area contributed by atoms with Gasteiger partial charge in [-0.3, -0.25) is 14.5 Å². The van der Waals surface area contributed by atoms with Crippen LogP contribution >= 0.6 is 0 Å². The number of carbonyl (C=O) groups is 2. The zero-order valence-corrected chi connectivity index (χ0v) is 12.5. The van der Waals surface area contributed by atoms with Gasteiger partial charge >= 0.3 is 0 Å². The maximum atomic E-state index is 12.1. The van der Waals surface area contributed by atoms with Crippen molar-refractivity contribution < 1.29 is 9.59 Å². The van der Waals surface area contributed by atoms with E-state index in [1.54, 1.807) is 12.1 Å². The van der Waals surface area contributed by atoms with Crippen LogP contribution in [0.15, 0.2) is 18.2 Å². The number of rotatable bonds is 4. The number of nitrogens with two attached hydrogens (primary N) is 2. The van der Waals surface area contributed by atoms with E-state index >= 15 is 0 Å². The summed E-state index contributed by atoms with van der Waals surface area (Å²) < 4.78 is 0. The Morgan fingerprint density at radius 1 is 1.43 bits per heavy atom. The fourth-order valence-electron chi connectivity index (χ4n) is 2.56. The van der Waals surface area contributed by atoms with Gasteiger partial charge in [-0.05, 0) is 44.5 Å². The standard InChI is InChI=1S/C15H22N4O2/c1-10-3-4-11(16)7-12(10)18-13(20)8-19-6-5-15(2,9-19)14(17)21/h3-4,7H,5-6,8-9,16H2,1-2H3,(H2,17,21)(H,18,20). The number of aryl methyl sites for hydroxylation is 1. The molecule has 0 aliphatic carbocycles. The Hall–Kier alpha value is -2.08. The number of nitrogens with zero attached hydrogens (tertiary/aromatic N) is 1. The van der Waals surface area contributed by atoms with E-state index in [-0.39, 0.29) is 18.4 Å². The predicted molar refractivity (Wildman–Crippen MR) is 82.6 cm³/mol. The van der Waals surface area contributed by atoms with Crippen molar-refractivity contribution in [3.8, 4) is 0 Å². The van der Waals surface area contributed by atoms with E-state index in [2.05, 4.69) is 5.32 Å². The molecule has 1 atom stereocenters. The van der Waals surface area contributed by atoms with Crippen LogP contribution in [0.2, 0.25) is 0 Å². The maximum absolute atomic E-state index is 12.1. The molecule has 6 heteroatoms. The molecule has 21 heavy (non-hydrogen) atoms. The summed E-state index contributed by atoms with van der Waals surface area (Å²) in [7, 11) is 0. The minimum Gasteiger partial charge on any atom is -0.399 e. The highest BCUT2D eigenvalue weighted by Gasteiger charge is 2.39. The zero-order chi connectivity index (χ0) is 15.6. The zero-order valence-electron chi connectivity index (χ0n) is 12.5. The third kappa shape index (κ3) is 3.52. The van der Waals surface area contributed by atoms with Gasteiger partial charge in [0.1, 0.15) is 0 Å². The first-order valence-corrected chi connectivity index (χ1v) is 6.98. The Bertz CT molecular complexity index is 573. The Morgan fingerprint density at radius 2 is 2.14 bits per heavy atom. The SMILES string of the molecule is Cc1ccc(N)cc1NC(=O)CN1CCC(C)(C(N)=O)C1. The lowest BCUT2D eigenvalue weighted by Crippen LogP contribution is -2.39. The Balaban J connectivity index is 1.94. The highest BCUT2D eigenvalue weighted by molar-refractivity contribution is 5.93. The summed E-state index contributed by atoms with van der Waals surface area (Å²) in [5.74, 6) is -0.422. The number of amides is 2. The first kappa shape index (κ1) is 15.3. The summed E-state index contributed by atoms with van der Waals surface area (Å²) in [6, 6.07) is 5.40. The molecule has 1 saturated heterocycles. The second-order valence-corrected chi connectivity index (χ2v) is 6.01. The van der Waals surface area contributed by atoms with Crippen LogP contribution in [0.25, 0.3) is 0 Å². The molecule has 0 aromatic heterocycles. The van der Waals surface area contributed by atoms with E-state index in [0.717, 1.165) is 11.3 Å². The molecule has 1 aromatic carbocycles. The van der Waals surface area contributed by atoms with Crippen molar-refractivity contribution in [1.82, 2.24) is 4.90 Å². The highest BCUT2D eigenvalue weighted by atomic mass is 16.2. The second-order valence-electron chi connectivity index (χ2n) is 6.01. The largest absolute Gasteiger partial charge is 0.399 e. The van der Waals surface area contributed by atoms with Crippen molar-refractivity contribution >= 4 is 23.2 Å². The molecule has 1 fully saturated rings. The van der Waals surface area contributed by atoms with Crippen LogP contribution in [0.3, 0.4) is 0 Å². The Labute approximate surface area is 124 Å². The summed E-state index contributed by atoms with van der Waals surface area (Å²) >= 11 is 0. The molecular formula is C15H22N4O2. The summed E-state index contributed by atoms with van der Waals surface area (Å²) in [5.41, 5.74) is 12.9. The van der Waals surface area contributed by atoms with Gasteiger partial charge in [-0.25, -0.2) is 0 Å². The lowest BCUT2D eigenvalue weighted by atomic mass is 9.89. The van der Waals surface area contributed by atoms with Gasteiger partial charge in [-0.1, -0.05) is 6.07 Å². The minimum absolute atomic E-state index is 0.113. The van der Waals surface area contributed by atoms with Gasteiger partial charge in [0.2, 0.25) is 11.8 Å². The molecule has 1 unspecified atom stereocenters. The maximum Gasteiger partial charge on any atom is 0.238 e. The first-order chi connectivity index (χ1) is 9.80. The van der Waals surface area contributed by atoms with E-state index in [9.17, 15) is 9.59 Å². The molecule has 0 bridgehead atoms. The van der Waals surface area contributed by atoms with Crippen molar-refractivity contribution in [1.29, 1.82) is 0 Å². The monoisotopic (exact) mass is 290 g/mol. The molecular weight excluding hydrogens is 268 g/mol. The second kappa shape index (κ2) is 5.73. The number of carbonyl (C=O) groups excluding carboxylic acids is 2. The van der Waals surface area contributed by atoms with E-state index in [1.165, 1.54) is 0 Å². The number of hydrogen-bond acceptors (Lipinski definition) is 4. The average Bonchev–Trinajstić information content (AvgIpc) is 2.77. The van der Waals surface area contributed by atoms with Gasteiger partial charge in [0.25, 0.3) is 0 Å². The van der Waals surface area contributed by atoms with Gasteiger partial charge in [0.15, 0.2) is 0 Å². The number of nitrogen functional groups attached to an aromatic ring is 1. The van der Waals surface area contributed by atoms with Crippen molar-refractivity contribution in [2.24, 2.45) is 11.1 Å². The van der Waals surface area contributed by atoms with Crippen LogP contribution in [-0.4, -0.2) is 36.3 Å². The summed E-state index contributed by atoms with van der Waals surface area (Å²) in [6.45, 7) is 5.22. The Kier molecular flexibility index (Phi) is 4.18. The quantitative estimate of drug-likeness (QED) is 0.711. The van der Waals surface area contributed by atoms with Crippen LogP contribution in [0.1, 0.15) is 18.9 Å². The number of anilines is 2. The van der Waals surface area contributed by atoms with E-state index in [4.69, 9.17) is 11.5 Å². The predicted octanol–water partition coefficient (Wildman–Crippen LogP) is 0.713. The number of benzene rings is 1. The van der Waals surface area contributed by atoms with E-state index in [0.29, 0.717) is 25.2 Å². The van der Waals surface area contributed by atoms with E-state index < -0.39 is 5.41 Å². The average molecular weight is 290 g/mol. The molecule has 6 nitrogen and oxygen atoms in total. The van der Waals surface area contributed by atoms with Crippen molar-refractivity contribution in [3.63, 3.8) is 0 Å². The van der Waals surface area contributed by atoms with Crippen LogP contribution < -0.4 is 16.8 Å². The number of primary amides is 1. The lowest BCUT2D eigenvalue weighted by molar-refractivity contribution is -0.126. The first-order valence-electron chi connectivity index (χ1n) is 6.98. The van der Waals surface area contributed by atoms with Gasteiger partial charge in [-0.15, -0.1) is 0 Å². The molecule has 114 valence electrons. The van der Waals surface area contributed by atoms with Crippen molar-refractivity contribution in [3.05, 3.63) is 23.8 Å². The van der Waals surface area contributed by atoms with E-state index in [1.807, 2.05) is 24.8 Å². The number of hydrogen-bond donors (Lipinski definition) is 3. The smallest absolute Gasteiger partial charge is 0.238 e. The van der Waals surface area contributed by atoms with Gasteiger partial charge in [0, 0.05) is 17.9 Å². The Morgan fingerprint density at radius 3 is 2.76 bits per heavy atom. The fourth-order valence-corrected chi connectivity index (χ4v) is 2.56. The van der Waals surface area contributed by atoms with Crippen molar-refractivity contribution in [2.75, 3.05) is 30.7 Å². The van der Waals surface area contributed by atoms with Crippen LogP contribution in [0, 0.1) is 12.3 Å². The third-order valence-corrected chi connectivity index (χ3v) is 4.05. The van der Waals surface area contributed by atoms with Crippen LogP contribution in [0.5, 0.6) is 0 Å². The minimum atomic E-state index is -0.534.